The zero-order valence-electron chi connectivity index (χ0n) is 16.6. The van der Waals surface area contributed by atoms with Gasteiger partial charge in [0, 0.05) is 35.0 Å². The summed E-state index contributed by atoms with van der Waals surface area (Å²) < 4.78 is 6.06. The molecule has 3 nitrogen and oxygen atoms in total. The van der Waals surface area contributed by atoms with Crippen molar-refractivity contribution < 1.29 is 9.53 Å². The smallest absolute Gasteiger partial charge is 0.163 e. The maximum Gasteiger partial charge on any atom is 0.163 e. The summed E-state index contributed by atoms with van der Waals surface area (Å²) in [5.74, 6) is 0.142. The second-order valence-electron chi connectivity index (χ2n) is 7.43. The molecular formula is C26H25NO2. The number of hydrogen-bond donors (Lipinski definition) is 1. The van der Waals surface area contributed by atoms with Crippen molar-refractivity contribution >= 4 is 16.7 Å². The van der Waals surface area contributed by atoms with E-state index in [9.17, 15) is 4.79 Å². The Labute approximate surface area is 171 Å². The van der Waals surface area contributed by atoms with Crippen molar-refractivity contribution in [1.29, 1.82) is 0 Å². The van der Waals surface area contributed by atoms with Crippen molar-refractivity contribution in [3.05, 3.63) is 107 Å². The van der Waals surface area contributed by atoms with E-state index in [1.54, 1.807) is 0 Å². The van der Waals surface area contributed by atoms with Gasteiger partial charge in [-0.1, -0.05) is 72.8 Å². The van der Waals surface area contributed by atoms with Crippen molar-refractivity contribution in [2.24, 2.45) is 0 Å². The van der Waals surface area contributed by atoms with Gasteiger partial charge in [-0.2, -0.15) is 0 Å². The normalized spacial score (nSPS) is 12.2. The fourth-order valence-electron chi connectivity index (χ4n) is 3.80. The number of fused-ring (bicyclic) bond motifs is 1. The SMILES string of the molecule is Cc1ccccc1C(=O)C[C@@H](COCc1ccccc1)c1c[nH]c2ccccc12. The van der Waals surface area contributed by atoms with Crippen LogP contribution < -0.4 is 0 Å². The molecule has 3 aromatic carbocycles. The monoisotopic (exact) mass is 383 g/mol. The molecule has 0 aliphatic heterocycles. The highest BCUT2D eigenvalue weighted by atomic mass is 16.5. The van der Waals surface area contributed by atoms with E-state index in [0.717, 1.165) is 33.2 Å². The van der Waals surface area contributed by atoms with Crippen LogP contribution in [0.2, 0.25) is 0 Å². The number of carbonyl (C=O) groups excluding carboxylic acids is 1. The van der Waals surface area contributed by atoms with Crippen molar-refractivity contribution in [3.8, 4) is 0 Å². The molecule has 1 N–H and O–H groups in total. The molecule has 1 heterocycles. The Morgan fingerprint density at radius 2 is 1.66 bits per heavy atom. The van der Waals surface area contributed by atoms with Crippen molar-refractivity contribution in [3.63, 3.8) is 0 Å². The molecule has 0 unspecified atom stereocenters. The third kappa shape index (κ3) is 4.47. The first-order valence-electron chi connectivity index (χ1n) is 9.99. The summed E-state index contributed by atoms with van der Waals surface area (Å²) in [5.41, 5.74) is 5.16. The van der Waals surface area contributed by atoms with E-state index < -0.39 is 0 Å². The Morgan fingerprint density at radius 3 is 2.48 bits per heavy atom. The maximum atomic E-state index is 13.1. The summed E-state index contributed by atoms with van der Waals surface area (Å²) in [6.07, 6.45) is 2.44. The van der Waals surface area contributed by atoms with Crippen LogP contribution in [-0.2, 0) is 11.3 Å². The molecule has 29 heavy (non-hydrogen) atoms. The number of H-pyrrole nitrogens is 1. The molecule has 3 heteroatoms. The lowest BCUT2D eigenvalue weighted by molar-refractivity contribution is 0.0868. The number of benzene rings is 3. The Bertz CT molecular complexity index is 1100. The Balaban J connectivity index is 1.56. The first-order valence-corrected chi connectivity index (χ1v) is 9.99. The number of rotatable bonds is 8. The van der Waals surface area contributed by atoms with Crippen LogP contribution in [0.1, 0.15) is 39.4 Å². The van der Waals surface area contributed by atoms with Gasteiger partial charge >= 0.3 is 0 Å². The van der Waals surface area contributed by atoms with Crippen LogP contribution >= 0.6 is 0 Å². The van der Waals surface area contributed by atoms with Gasteiger partial charge < -0.3 is 9.72 Å². The number of aromatic nitrogens is 1. The lowest BCUT2D eigenvalue weighted by Crippen LogP contribution is -2.14. The van der Waals surface area contributed by atoms with Gasteiger partial charge in [0.1, 0.15) is 0 Å². The number of Topliss-reactive ketones (excluding diaryl/α,β-unsaturated/α-hetero) is 1. The number of carbonyl (C=O) groups is 1. The van der Waals surface area contributed by atoms with E-state index in [0.29, 0.717) is 19.6 Å². The van der Waals surface area contributed by atoms with Crippen LogP contribution in [0.25, 0.3) is 10.9 Å². The molecule has 0 spiro atoms. The molecule has 146 valence electrons. The molecule has 0 fully saturated rings. The summed E-state index contributed by atoms with van der Waals surface area (Å²) in [5, 5.41) is 1.15. The molecular weight excluding hydrogens is 358 g/mol. The van der Waals surface area contributed by atoms with Crippen LogP contribution in [0.3, 0.4) is 0 Å². The minimum atomic E-state index is -0.0121. The van der Waals surface area contributed by atoms with E-state index >= 15 is 0 Å². The summed E-state index contributed by atoms with van der Waals surface area (Å²) in [6, 6.07) is 26.1. The number of ether oxygens (including phenoxy) is 1. The highest BCUT2D eigenvalue weighted by Crippen LogP contribution is 2.30. The molecule has 0 aliphatic carbocycles. The summed E-state index contributed by atoms with van der Waals surface area (Å²) in [6.45, 7) is 3.02. The topological polar surface area (TPSA) is 42.1 Å². The first-order chi connectivity index (χ1) is 14.2. The fraction of sp³-hybridized carbons (Fsp3) is 0.192. The predicted molar refractivity (Wildman–Crippen MR) is 117 cm³/mol. The summed E-state index contributed by atoms with van der Waals surface area (Å²) >= 11 is 0. The first kappa shape index (κ1) is 19.2. The molecule has 0 bridgehead atoms. The third-order valence-electron chi connectivity index (χ3n) is 5.37. The lowest BCUT2D eigenvalue weighted by atomic mass is 9.90. The number of hydrogen-bond acceptors (Lipinski definition) is 2. The van der Waals surface area contributed by atoms with Gasteiger partial charge in [-0.25, -0.2) is 0 Å². The van der Waals surface area contributed by atoms with Gasteiger partial charge in [-0.15, -0.1) is 0 Å². The highest BCUT2D eigenvalue weighted by molar-refractivity contribution is 5.98. The molecule has 0 aliphatic rings. The van der Waals surface area contributed by atoms with E-state index in [4.69, 9.17) is 4.74 Å². The number of nitrogens with one attached hydrogen (secondary N) is 1. The largest absolute Gasteiger partial charge is 0.376 e. The second-order valence-corrected chi connectivity index (χ2v) is 7.43. The number of ketones is 1. The second kappa shape index (κ2) is 8.89. The Hall–Kier alpha value is -3.17. The predicted octanol–water partition coefficient (Wildman–Crippen LogP) is 6.05. The zero-order chi connectivity index (χ0) is 20.1. The van der Waals surface area contributed by atoms with E-state index in [1.807, 2.05) is 67.7 Å². The number of aryl methyl sites for hydroxylation is 1. The van der Waals surface area contributed by atoms with Crippen molar-refractivity contribution in [2.45, 2.75) is 25.9 Å². The molecule has 0 radical (unpaired) electrons. The average Bonchev–Trinajstić information content (AvgIpc) is 3.18. The molecule has 0 saturated heterocycles. The third-order valence-corrected chi connectivity index (χ3v) is 5.37. The van der Waals surface area contributed by atoms with Crippen LogP contribution in [0.15, 0.2) is 85.1 Å². The van der Waals surface area contributed by atoms with Crippen LogP contribution in [-0.4, -0.2) is 17.4 Å². The van der Waals surface area contributed by atoms with Gasteiger partial charge in [0.25, 0.3) is 0 Å². The molecule has 4 aromatic rings. The highest BCUT2D eigenvalue weighted by Gasteiger charge is 2.21. The average molecular weight is 383 g/mol. The van der Waals surface area contributed by atoms with Gasteiger partial charge in [-0.3, -0.25) is 4.79 Å². The van der Waals surface area contributed by atoms with Crippen LogP contribution in [0, 0.1) is 6.92 Å². The Kier molecular flexibility index (Phi) is 5.87. The number of para-hydroxylation sites is 1. The van der Waals surface area contributed by atoms with Gasteiger partial charge in [0.2, 0.25) is 0 Å². The molecule has 4 rings (SSSR count). The molecule has 1 aromatic heterocycles. The standard InChI is InChI=1S/C26H25NO2/c1-19-9-5-6-12-22(19)26(28)15-21(18-29-17-20-10-3-2-4-11-20)24-16-27-25-14-8-7-13-23(24)25/h2-14,16,21,27H,15,17-18H2,1H3/t21-/m0/s1. The van der Waals surface area contributed by atoms with Crippen LogP contribution in [0.5, 0.6) is 0 Å². The summed E-state index contributed by atoms with van der Waals surface area (Å²) in [4.78, 5) is 16.4. The molecule has 0 saturated carbocycles. The minimum absolute atomic E-state index is 0.0121. The van der Waals surface area contributed by atoms with E-state index in [2.05, 4.69) is 29.2 Å². The molecule has 0 amide bonds. The molecule has 1 atom stereocenters. The number of aromatic amines is 1. The van der Waals surface area contributed by atoms with Crippen LogP contribution in [0.4, 0.5) is 0 Å². The van der Waals surface area contributed by atoms with Gasteiger partial charge in [0.05, 0.1) is 13.2 Å². The maximum absolute atomic E-state index is 13.1. The van der Waals surface area contributed by atoms with E-state index in [-0.39, 0.29) is 11.7 Å². The van der Waals surface area contributed by atoms with Gasteiger partial charge in [0.15, 0.2) is 5.78 Å². The summed E-state index contributed by atoms with van der Waals surface area (Å²) in [7, 11) is 0. The minimum Gasteiger partial charge on any atom is -0.376 e. The van der Waals surface area contributed by atoms with Crippen molar-refractivity contribution in [1.82, 2.24) is 4.98 Å². The van der Waals surface area contributed by atoms with E-state index in [1.165, 1.54) is 0 Å². The lowest BCUT2D eigenvalue weighted by Gasteiger charge is -2.17. The fourth-order valence-corrected chi connectivity index (χ4v) is 3.80. The zero-order valence-corrected chi connectivity index (χ0v) is 16.6. The van der Waals surface area contributed by atoms with Gasteiger partial charge in [-0.05, 0) is 29.7 Å². The van der Waals surface area contributed by atoms with Crippen molar-refractivity contribution in [2.75, 3.05) is 6.61 Å². The quantitative estimate of drug-likeness (QED) is 0.376. The Morgan fingerprint density at radius 1 is 0.931 bits per heavy atom.